The number of anilines is 1. The van der Waals surface area contributed by atoms with Gasteiger partial charge in [-0.25, -0.2) is 0 Å². The Balaban J connectivity index is 1.70. The minimum Gasteiger partial charge on any atom is -0.497 e. The van der Waals surface area contributed by atoms with Crippen LogP contribution < -0.4 is 20.1 Å². The van der Waals surface area contributed by atoms with Crippen molar-refractivity contribution in [2.24, 2.45) is 0 Å². The lowest BCUT2D eigenvalue weighted by Gasteiger charge is -2.26. The number of hydrogen-bond donors (Lipinski definition) is 3. The monoisotopic (exact) mass is 432 g/mol. The van der Waals surface area contributed by atoms with E-state index in [1.165, 1.54) is 36.9 Å². The summed E-state index contributed by atoms with van der Waals surface area (Å²) < 4.78 is 10.3. The van der Waals surface area contributed by atoms with Crippen LogP contribution in [0.4, 0.5) is 5.69 Å². The molecule has 1 unspecified atom stereocenters. The summed E-state index contributed by atoms with van der Waals surface area (Å²) in [6, 6.07) is 10.2. The summed E-state index contributed by atoms with van der Waals surface area (Å²) in [6.07, 6.45) is 0. The van der Waals surface area contributed by atoms with Crippen molar-refractivity contribution in [1.82, 2.24) is 5.32 Å². The molecule has 9 heteroatoms. The van der Waals surface area contributed by atoms with Gasteiger partial charge in [0.05, 0.1) is 26.5 Å². The van der Waals surface area contributed by atoms with Crippen molar-refractivity contribution < 1.29 is 24.2 Å². The lowest BCUT2D eigenvalue weighted by atomic mass is 9.94. The minimum absolute atomic E-state index is 0.143. The van der Waals surface area contributed by atoms with Gasteiger partial charge < -0.3 is 25.2 Å². The Morgan fingerprint density at radius 3 is 2.55 bits per heavy atom. The maximum absolute atomic E-state index is 12.4. The molecular formula is C20H20N2O5S2. The highest BCUT2D eigenvalue weighted by molar-refractivity contribution is 7.10. The van der Waals surface area contributed by atoms with Crippen molar-refractivity contribution in [3.8, 4) is 11.5 Å². The molecule has 0 aliphatic heterocycles. The zero-order valence-corrected chi connectivity index (χ0v) is 17.4. The smallest absolute Gasteiger partial charge is 0.313 e. The van der Waals surface area contributed by atoms with Crippen LogP contribution in [-0.2, 0) is 15.2 Å². The maximum Gasteiger partial charge on any atom is 0.313 e. The number of methoxy groups -OCH3 is 2. The van der Waals surface area contributed by atoms with Gasteiger partial charge >= 0.3 is 11.8 Å². The van der Waals surface area contributed by atoms with Gasteiger partial charge in [0.15, 0.2) is 0 Å². The van der Waals surface area contributed by atoms with E-state index in [9.17, 15) is 14.7 Å². The number of rotatable bonds is 7. The van der Waals surface area contributed by atoms with Gasteiger partial charge in [0.1, 0.15) is 17.1 Å². The fourth-order valence-corrected chi connectivity index (χ4v) is 4.28. The average molecular weight is 433 g/mol. The van der Waals surface area contributed by atoms with Gasteiger partial charge in [0.2, 0.25) is 0 Å². The molecule has 7 nitrogen and oxygen atoms in total. The van der Waals surface area contributed by atoms with Crippen LogP contribution in [-0.4, -0.2) is 37.7 Å². The molecule has 1 aromatic carbocycles. The van der Waals surface area contributed by atoms with Crippen molar-refractivity contribution >= 4 is 40.2 Å². The number of nitrogens with one attached hydrogen (secondary N) is 2. The zero-order valence-electron chi connectivity index (χ0n) is 15.8. The molecule has 0 spiro atoms. The van der Waals surface area contributed by atoms with E-state index in [-0.39, 0.29) is 6.54 Å². The summed E-state index contributed by atoms with van der Waals surface area (Å²) in [5.41, 5.74) is -0.427. The number of ether oxygens (including phenoxy) is 2. The van der Waals surface area contributed by atoms with Crippen LogP contribution in [0.5, 0.6) is 11.5 Å². The summed E-state index contributed by atoms with van der Waals surface area (Å²) in [7, 11) is 2.97. The zero-order chi connectivity index (χ0) is 20.9. The Hall–Kier alpha value is -2.88. The molecule has 0 bridgehead atoms. The van der Waals surface area contributed by atoms with Gasteiger partial charge in [-0.2, -0.15) is 11.3 Å². The first-order valence-corrected chi connectivity index (χ1v) is 10.4. The molecule has 3 N–H and O–H groups in total. The molecule has 29 heavy (non-hydrogen) atoms. The standard InChI is InChI=1S/C20H20N2O5S2/c1-26-14-5-6-15(16(10-14)27-2)22-19(24)18(23)21-12-20(25,13-7-9-28-11-13)17-4-3-8-29-17/h3-11,25H,12H2,1-2H3,(H,21,23)(H,22,24). The second kappa shape index (κ2) is 9.08. The normalized spacial score (nSPS) is 12.7. The van der Waals surface area contributed by atoms with Gasteiger partial charge in [-0.1, -0.05) is 6.07 Å². The highest BCUT2D eigenvalue weighted by atomic mass is 32.1. The second-order valence-corrected chi connectivity index (χ2v) is 7.78. The van der Waals surface area contributed by atoms with Crippen LogP contribution in [0.1, 0.15) is 10.4 Å². The Morgan fingerprint density at radius 2 is 1.93 bits per heavy atom. The molecule has 2 aromatic heterocycles. The molecule has 0 aliphatic rings. The SMILES string of the molecule is COc1ccc(NC(=O)C(=O)NCC(O)(c2ccsc2)c2cccs2)c(OC)c1. The minimum atomic E-state index is -1.41. The van der Waals surface area contributed by atoms with E-state index < -0.39 is 17.4 Å². The fourth-order valence-electron chi connectivity index (χ4n) is 2.71. The Kier molecular flexibility index (Phi) is 6.53. The van der Waals surface area contributed by atoms with Crippen molar-refractivity contribution in [3.63, 3.8) is 0 Å². The molecule has 2 heterocycles. The molecular weight excluding hydrogens is 412 g/mol. The van der Waals surface area contributed by atoms with Gasteiger partial charge in [-0.05, 0) is 40.4 Å². The first-order chi connectivity index (χ1) is 14.0. The number of carbonyl (C=O) groups excluding carboxylic acids is 2. The topological polar surface area (TPSA) is 96.9 Å². The average Bonchev–Trinajstić information content (AvgIpc) is 3.46. The number of aliphatic hydroxyl groups is 1. The van der Waals surface area contributed by atoms with E-state index in [2.05, 4.69) is 10.6 Å². The number of amides is 2. The predicted octanol–water partition coefficient (Wildman–Crippen LogP) is 2.82. The molecule has 3 rings (SSSR count). The summed E-state index contributed by atoms with van der Waals surface area (Å²) >= 11 is 2.82. The van der Waals surface area contributed by atoms with Crippen molar-refractivity contribution in [2.45, 2.75) is 5.60 Å². The van der Waals surface area contributed by atoms with Crippen LogP contribution in [0, 0.1) is 0 Å². The molecule has 0 fully saturated rings. The van der Waals surface area contributed by atoms with E-state index in [4.69, 9.17) is 9.47 Å². The first-order valence-electron chi connectivity index (χ1n) is 8.58. The summed E-state index contributed by atoms with van der Waals surface area (Å²) in [6.45, 7) is -0.143. The predicted molar refractivity (Wildman–Crippen MR) is 113 cm³/mol. The fraction of sp³-hybridized carbons (Fsp3) is 0.200. The number of carbonyl (C=O) groups is 2. The number of benzene rings is 1. The van der Waals surface area contributed by atoms with Crippen molar-refractivity contribution in [2.75, 3.05) is 26.1 Å². The van der Waals surface area contributed by atoms with Crippen LogP contribution in [0.15, 0.2) is 52.5 Å². The second-order valence-electron chi connectivity index (χ2n) is 6.05. The van der Waals surface area contributed by atoms with Gasteiger partial charge in [-0.3, -0.25) is 9.59 Å². The van der Waals surface area contributed by atoms with Gasteiger partial charge in [0.25, 0.3) is 0 Å². The summed E-state index contributed by atoms with van der Waals surface area (Å²) in [5.74, 6) is -0.819. The molecule has 0 saturated carbocycles. The number of hydrogen-bond acceptors (Lipinski definition) is 7. The Labute approximate surface area is 175 Å². The first kappa shape index (κ1) is 20.8. The van der Waals surface area contributed by atoms with Crippen molar-refractivity contribution in [3.05, 3.63) is 63.0 Å². The van der Waals surface area contributed by atoms with Crippen LogP contribution in [0.2, 0.25) is 0 Å². The van der Waals surface area contributed by atoms with Crippen molar-refractivity contribution in [1.29, 1.82) is 0 Å². The third-order valence-corrected chi connectivity index (χ3v) is 6.00. The largest absolute Gasteiger partial charge is 0.497 e. The van der Waals surface area contributed by atoms with E-state index in [0.717, 1.165) is 0 Å². The Bertz CT molecular complexity index is 937. The third-order valence-electron chi connectivity index (χ3n) is 4.30. The quantitative estimate of drug-likeness (QED) is 0.499. The Morgan fingerprint density at radius 1 is 1.10 bits per heavy atom. The van der Waals surface area contributed by atoms with E-state index in [0.29, 0.717) is 27.6 Å². The van der Waals surface area contributed by atoms with Crippen LogP contribution in [0.3, 0.4) is 0 Å². The van der Waals surface area contributed by atoms with Crippen LogP contribution >= 0.6 is 22.7 Å². The molecule has 3 aromatic rings. The molecule has 152 valence electrons. The molecule has 2 amide bonds. The molecule has 1 atom stereocenters. The number of thiophene rings is 2. The lowest BCUT2D eigenvalue weighted by molar-refractivity contribution is -0.136. The highest BCUT2D eigenvalue weighted by Crippen LogP contribution is 2.33. The molecule has 0 radical (unpaired) electrons. The van der Waals surface area contributed by atoms with E-state index in [1.807, 2.05) is 22.2 Å². The van der Waals surface area contributed by atoms with E-state index >= 15 is 0 Å². The highest BCUT2D eigenvalue weighted by Gasteiger charge is 2.34. The maximum atomic E-state index is 12.4. The van der Waals surface area contributed by atoms with Gasteiger partial charge in [-0.15, -0.1) is 11.3 Å². The summed E-state index contributed by atoms with van der Waals surface area (Å²) in [4.78, 5) is 25.4. The van der Waals surface area contributed by atoms with Crippen LogP contribution in [0.25, 0.3) is 0 Å². The molecule has 0 saturated heterocycles. The molecule has 0 aliphatic carbocycles. The lowest BCUT2D eigenvalue weighted by Crippen LogP contribution is -2.44. The summed E-state index contributed by atoms with van der Waals surface area (Å²) in [5, 5.41) is 21.8. The third kappa shape index (κ3) is 4.58. The van der Waals surface area contributed by atoms with E-state index in [1.54, 1.807) is 30.3 Å². The van der Waals surface area contributed by atoms with Gasteiger partial charge in [0, 0.05) is 16.5 Å².